The Balaban J connectivity index is 1.16. The van der Waals surface area contributed by atoms with Gasteiger partial charge in [-0.05, 0) is 80.2 Å². The fourth-order valence-electron chi connectivity index (χ4n) is 6.94. The number of carbonyl (C=O) groups excluding carboxylic acids is 1. The summed E-state index contributed by atoms with van der Waals surface area (Å²) in [6, 6.07) is 7.76. The van der Waals surface area contributed by atoms with E-state index in [2.05, 4.69) is 5.32 Å². The zero-order chi connectivity index (χ0) is 19.3. The summed E-state index contributed by atoms with van der Waals surface area (Å²) in [5, 5.41) is 3.14. The molecule has 0 spiro atoms. The van der Waals surface area contributed by atoms with Crippen LogP contribution in [0.1, 0.15) is 51.4 Å². The number of imidazole rings is 1. The molecule has 150 valence electrons. The molecule has 1 N–H and O–H groups in total. The van der Waals surface area contributed by atoms with Crippen LogP contribution in [0.25, 0.3) is 11.0 Å². The summed E-state index contributed by atoms with van der Waals surface area (Å²) in [5.74, 6) is 2.94. The molecule has 0 aliphatic heterocycles. The zero-order valence-electron chi connectivity index (χ0n) is 16.8. The third kappa shape index (κ3) is 3.09. The lowest BCUT2D eigenvalue weighted by atomic mass is 9.49. The average Bonchev–Trinajstić information content (AvgIpc) is 2.90. The molecule has 0 atom stereocenters. The molecule has 0 saturated heterocycles. The summed E-state index contributed by atoms with van der Waals surface area (Å²) < 4.78 is 3.37. The molecule has 5 heteroatoms. The van der Waals surface area contributed by atoms with E-state index in [0.29, 0.717) is 18.4 Å². The average molecular weight is 382 g/mol. The molecular formula is C23H31N3O2. The first kappa shape index (κ1) is 18.0. The van der Waals surface area contributed by atoms with E-state index in [0.717, 1.165) is 41.8 Å². The van der Waals surface area contributed by atoms with Gasteiger partial charge in [-0.15, -0.1) is 0 Å². The second-order valence-corrected chi connectivity index (χ2v) is 9.75. The van der Waals surface area contributed by atoms with E-state index < -0.39 is 0 Å². The van der Waals surface area contributed by atoms with Gasteiger partial charge in [-0.3, -0.25) is 13.9 Å². The van der Waals surface area contributed by atoms with Crippen LogP contribution < -0.4 is 11.0 Å². The fraction of sp³-hybridized carbons (Fsp3) is 0.652. The summed E-state index contributed by atoms with van der Waals surface area (Å²) in [7, 11) is 1.78. The summed E-state index contributed by atoms with van der Waals surface area (Å²) in [6.45, 7) is 1.22. The number of benzene rings is 1. The molecule has 5 nitrogen and oxygen atoms in total. The molecule has 1 amide bonds. The number of nitrogens with one attached hydrogen (secondary N) is 1. The van der Waals surface area contributed by atoms with Gasteiger partial charge in [0.1, 0.15) is 0 Å². The van der Waals surface area contributed by atoms with Gasteiger partial charge in [0.15, 0.2) is 0 Å². The molecule has 4 bridgehead atoms. The number of hydrogen-bond donors (Lipinski definition) is 1. The summed E-state index contributed by atoms with van der Waals surface area (Å²) in [5.41, 5.74) is 2.27. The third-order valence-corrected chi connectivity index (χ3v) is 7.76. The van der Waals surface area contributed by atoms with E-state index in [9.17, 15) is 9.59 Å². The first-order valence-corrected chi connectivity index (χ1v) is 10.9. The van der Waals surface area contributed by atoms with Gasteiger partial charge >= 0.3 is 5.69 Å². The SMILES string of the molecule is Cn1c(=O)n(CCC(=O)NCCC23CC4CC(CC(C4)C2)C3)c2ccccc21. The van der Waals surface area contributed by atoms with E-state index >= 15 is 0 Å². The van der Waals surface area contributed by atoms with Crippen LogP contribution in [0, 0.1) is 23.2 Å². The predicted octanol–water partition coefficient (Wildman–Crippen LogP) is 3.45. The molecule has 4 fully saturated rings. The Morgan fingerprint density at radius 1 is 1.07 bits per heavy atom. The summed E-state index contributed by atoms with van der Waals surface area (Å²) in [4.78, 5) is 24.9. The molecule has 4 aliphatic rings. The van der Waals surface area contributed by atoms with Gasteiger partial charge in [0.2, 0.25) is 5.91 Å². The van der Waals surface area contributed by atoms with Crippen LogP contribution in [0.5, 0.6) is 0 Å². The minimum Gasteiger partial charge on any atom is -0.356 e. The topological polar surface area (TPSA) is 56.0 Å². The second kappa shape index (κ2) is 6.78. The van der Waals surface area contributed by atoms with Crippen LogP contribution in [-0.4, -0.2) is 21.6 Å². The van der Waals surface area contributed by atoms with Crippen LogP contribution in [-0.2, 0) is 18.4 Å². The van der Waals surface area contributed by atoms with Crippen LogP contribution in [0.4, 0.5) is 0 Å². The highest BCUT2D eigenvalue weighted by molar-refractivity contribution is 5.77. The number of nitrogens with zero attached hydrogens (tertiary/aromatic N) is 2. The number of hydrogen-bond acceptors (Lipinski definition) is 2. The van der Waals surface area contributed by atoms with Crippen molar-refractivity contribution in [2.75, 3.05) is 6.54 Å². The maximum atomic E-state index is 12.5. The number of carbonyl (C=O) groups is 1. The van der Waals surface area contributed by atoms with Crippen molar-refractivity contribution in [3.63, 3.8) is 0 Å². The Morgan fingerprint density at radius 2 is 1.68 bits per heavy atom. The van der Waals surface area contributed by atoms with Gasteiger partial charge < -0.3 is 5.32 Å². The number of fused-ring (bicyclic) bond motifs is 1. The van der Waals surface area contributed by atoms with Crippen molar-refractivity contribution < 1.29 is 4.79 Å². The zero-order valence-corrected chi connectivity index (χ0v) is 16.8. The minimum absolute atomic E-state index is 0.0532. The van der Waals surface area contributed by atoms with E-state index in [1.54, 1.807) is 16.2 Å². The summed E-state index contributed by atoms with van der Waals surface area (Å²) >= 11 is 0. The number of amides is 1. The largest absolute Gasteiger partial charge is 0.356 e. The van der Waals surface area contributed by atoms with Gasteiger partial charge in [0, 0.05) is 26.6 Å². The van der Waals surface area contributed by atoms with Crippen LogP contribution in [0.2, 0.25) is 0 Å². The maximum Gasteiger partial charge on any atom is 0.328 e. The number of para-hydroxylation sites is 2. The fourth-order valence-corrected chi connectivity index (χ4v) is 6.94. The lowest BCUT2D eigenvalue weighted by molar-refractivity contribution is -0.121. The highest BCUT2D eigenvalue weighted by Gasteiger charge is 2.50. The Labute approximate surface area is 166 Å². The van der Waals surface area contributed by atoms with Crippen molar-refractivity contribution in [2.24, 2.45) is 30.2 Å². The van der Waals surface area contributed by atoms with Crippen molar-refractivity contribution in [1.29, 1.82) is 0 Å². The van der Waals surface area contributed by atoms with Crippen LogP contribution in [0.3, 0.4) is 0 Å². The molecule has 1 aromatic heterocycles. The smallest absolute Gasteiger partial charge is 0.328 e. The first-order chi connectivity index (χ1) is 13.5. The monoisotopic (exact) mass is 381 g/mol. The van der Waals surface area contributed by atoms with Crippen LogP contribution in [0.15, 0.2) is 29.1 Å². The minimum atomic E-state index is -0.0532. The Kier molecular flexibility index (Phi) is 4.37. The Hall–Kier alpha value is -2.04. The van der Waals surface area contributed by atoms with Crippen LogP contribution >= 0.6 is 0 Å². The molecule has 6 rings (SSSR count). The lowest BCUT2D eigenvalue weighted by Crippen LogP contribution is -2.47. The van der Waals surface area contributed by atoms with E-state index in [-0.39, 0.29) is 11.6 Å². The first-order valence-electron chi connectivity index (χ1n) is 10.9. The Morgan fingerprint density at radius 3 is 2.32 bits per heavy atom. The maximum absolute atomic E-state index is 12.5. The van der Waals surface area contributed by atoms with Crippen molar-refractivity contribution in [2.45, 2.75) is 57.9 Å². The standard InChI is InChI=1S/C23H31N3O2/c1-25-19-4-2-3-5-20(19)26(22(25)28)9-6-21(27)24-8-7-23-13-16-10-17(14-23)12-18(11-16)15-23/h2-5,16-18H,6-15H2,1H3,(H,24,27). The molecular weight excluding hydrogens is 350 g/mol. The normalized spacial score (nSPS) is 30.8. The quantitative estimate of drug-likeness (QED) is 0.833. The number of rotatable bonds is 6. The van der Waals surface area contributed by atoms with Crippen molar-refractivity contribution >= 4 is 16.9 Å². The van der Waals surface area contributed by atoms with Crippen molar-refractivity contribution in [1.82, 2.24) is 14.5 Å². The van der Waals surface area contributed by atoms with Gasteiger partial charge in [-0.1, -0.05) is 12.1 Å². The molecule has 0 unspecified atom stereocenters. The lowest BCUT2D eigenvalue weighted by Gasteiger charge is -2.57. The molecule has 4 saturated carbocycles. The van der Waals surface area contributed by atoms with E-state index in [1.165, 1.54) is 38.5 Å². The van der Waals surface area contributed by atoms with Gasteiger partial charge in [-0.25, -0.2) is 4.79 Å². The molecule has 2 aromatic rings. The Bertz CT molecular complexity index is 919. The third-order valence-electron chi connectivity index (χ3n) is 7.76. The molecule has 0 radical (unpaired) electrons. The van der Waals surface area contributed by atoms with Crippen molar-refractivity contribution in [3.8, 4) is 0 Å². The summed E-state index contributed by atoms with van der Waals surface area (Å²) in [6.07, 6.45) is 10.0. The molecule has 1 heterocycles. The van der Waals surface area contributed by atoms with Crippen molar-refractivity contribution in [3.05, 3.63) is 34.7 Å². The van der Waals surface area contributed by atoms with Gasteiger partial charge in [0.25, 0.3) is 0 Å². The van der Waals surface area contributed by atoms with E-state index in [4.69, 9.17) is 0 Å². The highest BCUT2D eigenvalue weighted by atomic mass is 16.2. The van der Waals surface area contributed by atoms with E-state index in [1.807, 2.05) is 24.3 Å². The number of aryl methyl sites for hydroxylation is 2. The van der Waals surface area contributed by atoms with Gasteiger partial charge in [0.05, 0.1) is 11.0 Å². The molecule has 1 aromatic carbocycles. The second-order valence-electron chi connectivity index (χ2n) is 9.75. The highest BCUT2D eigenvalue weighted by Crippen LogP contribution is 2.61. The molecule has 4 aliphatic carbocycles. The molecule has 28 heavy (non-hydrogen) atoms. The predicted molar refractivity (Wildman–Crippen MR) is 110 cm³/mol. The van der Waals surface area contributed by atoms with Gasteiger partial charge in [-0.2, -0.15) is 0 Å². The number of aromatic nitrogens is 2.